The van der Waals surface area contributed by atoms with E-state index in [1.165, 1.54) is 24.3 Å². The Morgan fingerprint density at radius 2 is 1.93 bits per heavy atom. The minimum Gasteiger partial charge on any atom is -0.462 e. The molecule has 3 N–H and O–H groups in total. The Labute approximate surface area is 86.6 Å². The average molecular weight is 212 g/mol. The van der Waals surface area contributed by atoms with E-state index in [2.05, 4.69) is 0 Å². The predicted molar refractivity (Wildman–Crippen MR) is 54.1 cm³/mol. The zero-order valence-corrected chi connectivity index (χ0v) is 8.30. The molecule has 6 heteroatoms. The van der Waals surface area contributed by atoms with Gasteiger partial charge in [-0.3, -0.25) is 10.1 Å². The molecule has 1 aromatic carbocycles. The molecular weight excluding hydrogens is 200 g/mol. The number of carbonyl (C=O) groups is 1. The fraction of sp³-hybridized carbons (Fsp3) is 0.222. The molecule has 0 radical (unpaired) electrons. The molecule has 0 saturated heterocycles. The van der Waals surface area contributed by atoms with E-state index in [9.17, 15) is 14.9 Å². The van der Waals surface area contributed by atoms with E-state index in [1.807, 2.05) is 0 Å². The molecule has 0 aromatic heterocycles. The van der Waals surface area contributed by atoms with Crippen LogP contribution >= 0.6 is 0 Å². The molecule has 0 spiro atoms. The maximum absolute atomic E-state index is 11.1. The van der Waals surface area contributed by atoms with Gasteiger partial charge in [0.1, 0.15) is 0 Å². The Bertz CT molecular complexity index is 348. The molecule has 0 saturated carbocycles. The number of hydrogen-bond donors (Lipinski definition) is 1. The quantitative estimate of drug-likeness (QED) is 0.468. The van der Waals surface area contributed by atoms with Crippen molar-refractivity contribution in [2.24, 2.45) is 0 Å². The molecule has 1 rings (SSSR count). The first kappa shape index (κ1) is 13.1. The van der Waals surface area contributed by atoms with E-state index in [0.717, 1.165) is 0 Å². The van der Waals surface area contributed by atoms with Crippen molar-refractivity contribution in [2.45, 2.75) is 6.92 Å². The highest BCUT2D eigenvalue weighted by Crippen LogP contribution is 2.12. The van der Waals surface area contributed by atoms with Crippen LogP contribution in [-0.2, 0) is 4.74 Å². The van der Waals surface area contributed by atoms with E-state index in [0.29, 0.717) is 5.56 Å². The molecule has 0 unspecified atom stereocenters. The number of rotatable bonds is 3. The number of hydrogen-bond acceptors (Lipinski definition) is 5. The minimum absolute atomic E-state index is 0. The van der Waals surface area contributed by atoms with Gasteiger partial charge < -0.3 is 10.9 Å². The van der Waals surface area contributed by atoms with Gasteiger partial charge in [-0.15, -0.1) is 0 Å². The van der Waals surface area contributed by atoms with Crippen LogP contribution in [-0.4, -0.2) is 17.5 Å². The summed E-state index contributed by atoms with van der Waals surface area (Å²) in [5, 5.41) is 10.3. The maximum atomic E-state index is 11.1. The fourth-order valence-electron chi connectivity index (χ4n) is 0.934. The third-order valence-corrected chi connectivity index (χ3v) is 1.59. The van der Waals surface area contributed by atoms with Gasteiger partial charge in [0.05, 0.1) is 17.1 Å². The van der Waals surface area contributed by atoms with Gasteiger partial charge in [-0.1, -0.05) is 0 Å². The molecule has 0 bridgehead atoms. The highest BCUT2D eigenvalue weighted by molar-refractivity contribution is 5.89. The second-order valence-corrected chi connectivity index (χ2v) is 2.52. The fourth-order valence-corrected chi connectivity index (χ4v) is 0.934. The minimum atomic E-state index is -0.519. The van der Waals surface area contributed by atoms with Gasteiger partial charge in [0.25, 0.3) is 5.69 Å². The zero-order valence-electron chi connectivity index (χ0n) is 8.30. The lowest BCUT2D eigenvalue weighted by Crippen LogP contribution is -2.04. The summed E-state index contributed by atoms with van der Waals surface area (Å²) in [7, 11) is 0. The van der Waals surface area contributed by atoms with Gasteiger partial charge in [-0.2, -0.15) is 0 Å². The maximum Gasteiger partial charge on any atom is 0.338 e. The molecule has 0 amide bonds. The number of nitro groups is 1. The van der Waals surface area contributed by atoms with Gasteiger partial charge in [-0.25, -0.2) is 4.79 Å². The van der Waals surface area contributed by atoms with E-state index < -0.39 is 10.9 Å². The lowest BCUT2D eigenvalue weighted by Gasteiger charge is -2.00. The molecule has 0 aliphatic carbocycles. The lowest BCUT2D eigenvalue weighted by molar-refractivity contribution is -0.384. The molecule has 0 aliphatic rings. The number of nitro benzene ring substituents is 1. The number of esters is 1. The Kier molecular flexibility index (Phi) is 4.97. The Morgan fingerprint density at radius 1 is 1.40 bits per heavy atom. The molecular formula is C9H12N2O4. The third kappa shape index (κ3) is 3.35. The SMILES string of the molecule is CCOC(=O)c1ccc([N+](=O)[O-])cc1.N. The molecule has 82 valence electrons. The Morgan fingerprint density at radius 3 is 2.33 bits per heavy atom. The van der Waals surface area contributed by atoms with Crippen molar-refractivity contribution in [3.63, 3.8) is 0 Å². The second-order valence-electron chi connectivity index (χ2n) is 2.52. The second kappa shape index (κ2) is 5.71. The van der Waals surface area contributed by atoms with E-state index in [4.69, 9.17) is 4.74 Å². The highest BCUT2D eigenvalue weighted by Gasteiger charge is 2.09. The van der Waals surface area contributed by atoms with Gasteiger partial charge in [0.15, 0.2) is 0 Å². The van der Waals surface area contributed by atoms with E-state index in [1.54, 1.807) is 6.92 Å². The number of nitrogens with zero attached hydrogens (tertiary/aromatic N) is 1. The molecule has 15 heavy (non-hydrogen) atoms. The topological polar surface area (TPSA) is 104 Å². The average Bonchev–Trinajstić information content (AvgIpc) is 2.18. The molecule has 0 aliphatic heterocycles. The molecule has 0 heterocycles. The number of carbonyl (C=O) groups excluding carboxylic acids is 1. The summed E-state index contributed by atoms with van der Waals surface area (Å²) in [6.45, 7) is 1.99. The first-order valence-corrected chi connectivity index (χ1v) is 4.06. The number of ether oxygens (including phenoxy) is 1. The molecule has 0 atom stereocenters. The summed E-state index contributed by atoms with van der Waals surface area (Å²) < 4.78 is 4.72. The van der Waals surface area contributed by atoms with Gasteiger partial charge in [0.2, 0.25) is 0 Å². The predicted octanol–water partition coefficient (Wildman–Crippen LogP) is 1.93. The molecule has 0 fully saturated rings. The largest absolute Gasteiger partial charge is 0.462 e. The summed E-state index contributed by atoms with van der Waals surface area (Å²) in [5.41, 5.74) is 0.274. The Hall–Kier alpha value is -1.95. The van der Waals surface area contributed by atoms with E-state index in [-0.39, 0.29) is 18.4 Å². The lowest BCUT2D eigenvalue weighted by atomic mass is 10.2. The first-order chi connectivity index (χ1) is 6.65. The van der Waals surface area contributed by atoms with Crippen molar-refractivity contribution in [1.82, 2.24) is 6.15 Å². The highest BCUT2D eigenvalue weighted by atomic mass is 16.6. The van der Waals surface area contributed by atoms with Crippen molar-refractivity contribution in [3.05, 3.63) is 39.9 Å². The normalized spacial score (nSPS) is 8.87. The van der Waals surface area contributed by atoms with Crippen LogP contribution in [0.4, 0.5) is 5.69 Å². The number of non-ortho nitro benzene ring substituents is 1. The molecule has 1 aromatic rings. The van der Waals surface area contributed by atoms with Crippen LogP contribution in [0.5, 0.6) is 0 Å². The summed E-state index contributed by atoms with van der Waals surface area (Å²) in [4.78, 5) is 20.9. The van der Waals surface area contributed by atoms with Crippen LogP contribution in [0.3, 0.4) is 0 Å². The van der Waals surface area contributed by atoms with Crippen LogP contribution in [0, 0.1) is 10.1 Å². The van der Waals surface area contributed by atoms with Crippen molar-refractivity contribution < 1.29 is 14.5 Å². The van der Waals surface area contributed by atoms with Gasteiger partial charge >= 0.3 is 5.97 Å². The van der Waals surface area contributed by atoms with Crippen LogP contribution < -0.4 is 6.15 Å². The monoisotopic (exact) mass is 212 g/mol. The van der Waals surface area contributed by atoms with Crippen molar-refractivity contribution in [1.29, 1.82) is 0 Å². The zero-order chi connectivity index (χ0) is 10.6. The standard InChI is InChI=1S/C9H9NO4.H3N/c1-2-14-9(11)7-3-5-8(6-4-7)10(12)13;/h3-6H,2H2,1H3;1H3. The van der Waals surface area contributed by atoms with E-state index >= 15 is 0 Å². The van der Waals surface area contributed by atoms with Crippen LogP contribution in [0.2, 0.25) is 0 Å². The van der Waals surface area contributed by atoms with Crippen molar-refractivity contribution >= 4 is 11.7 Å². The van der Waals surface area contributed by atoms with Crippen LogP contribution in [0.1, 0.15) is 17.3 Å². The summed E-state index contributed by atoms with van der Waals surface area (Å²) >= 11 is 0. The summed E-state index contributed by atoms with van der Waals surface area (Å²) in [6.07, 6.45) is 0. The molecule has 6 nitrogen and oxygen atoms in total. The number of benzene rings is 1. The first-order valence-electron chi connectivity index (χ1n) is 4.06. The van der Waals surface area contributed by atoms with Crippen molar-refractivity contribution in [2.75, 3.05) is 6.61 Å². The van der Waals surface area contributed by atoms with Crippen LogP contribution in [0.25, 0.3) is 0 Å². The summed E-state index contributed by atoms with van der Waals surface area (Å²) in [5.74, 6) is -0.470. The van der Waals surface area contributed by atoms with Crippen molar-refractivity contribution in [3.8, 4) is 0 Å². The summed E-state index contributed by atoms with van der Waals surface area (Å²) in [6, 6.07) is 5.28. The van der Waals surface area contributed by atoms with Crippen LogP contribution in [0.15, 0.2) is 24.3 Å². The Balaban J connectivity index is 0.00000196. The van der Waals surface area contributed by atoms with Gasteiger partial charge in [0, 0.05) is 12.1 Å². The third-order valence-electron chi connectivity index (χ3n) is 1.59. The van der Waals surface area contributed by atoms with Gasteiger partial charge in [-0.05, 0) is 19.1 Å². The smallest absolute Gasteiger partial charge is 0.338 e.